The number of nitrogens with zero attached hydrogens (tertiary/aromatic N) is 2. The number of rotatable bonds is 4. The van der Waals surface area contributed by atoms with E-state index < -0.39 is 0 Å². The highest BCUT2D eigenvalue weighted by molar-refractivity contribution is 9.10. The monoisotopic (exact) mass is 347 g/mol. The Morgan fingerprint density at radius 1 is 1.38 bits per heavy atom. The molecule has 6 nitrogen and oxygen atoms in total. The van der Waals surface area contributed by atoms with E-state index in [2.05, 4.69) is 30.9 Å². The molecule has 7 heteroatoms. The minimum absolute atomic E-state index is 0.0395. The predicted molar refractivity (Wildman–Crippen MR) is 79.4 cm³/mol. The van der Waals surface area contributed by atoms with Gasteiger partial charge in [0.05, 0.1) is 11.8 Å². The number of aromatic amines is 1. The summed E-state index contributed by atoms with van der Waals surface area (Å²) in [5.74, 6) is 0.201. The van der Waals surface area contributed by atoms with E-state index in [0.717, 1.165) is 11.1 Å². The molecule has 3 aromatic rings. The van der Waals surface area contributed by atoms with Crippen LogP contribution in [0.15, 0.2) is 35.2 Å². The van der Waals surface area contributed by atoms with Crippen molar-refractivity contribution in [2.24, 2.45) is 0 Å². The Balaban J connectivity index is 1.88. The first-order valence-electron chi connectivity index (χ1n) is 6.06. The molecule has 3 rings (SSSR count). The molecule has 0 aliphatic carbocycles. The summed E-state index contributed by atoms with van der Waals surface area (Å²) in [5.41, 5.74) is 2.64. The number of aldehydes is 1. The number of phenolic OH excluding ortho intramolecular Hbond substituents is 1. The fourth-order valence-corrected chi connectivity index (χ4v) is 2.37. The lowest BCUT2D eigenvalue weighted by molar-refractivity contribution is 0.112. The molecule has 0 fully saturated rings. The number of carbonyl (C=O) groups is 1. The van der Waals surface area contributed by atoms with Gasteiger partial charge in [0.2, 0.25) is 0 Å². The van der Waals surface area contributed by atoms with Crippen LogP contribution in [0.4, 0.5) is 0 Å². The van der Waals surface area contributed by atoms with Crippen LogP contribution in [0.25, 0.3) is 11.2 Å². The molecule has 0 bridgehead atoms. The highest BCUT2D eigenvalue weighted by Crippen LogP contribution is 2.32. The van der Waals surface area contributed by atoms with Crippen LogP contribution < -0.4 is 4.74 Å². The van der Waals surface area contributed by atoms with Crippen molar-refractivity contribution in [2.45, 2.75) is 6.61 Å². The minimum Gasteiger partial charge on any atom is -0.504 e. The number of aromatic hydroxyl groups is 1. The van der Waals surface area contributed by atoms with Crippen molar-refractivity contribution in [3.63, 3.8) is 0 Å². The number of benzene rings is 1. The second-order valence-electron chi connectivity index (χ2n) is 4.32. The summed E-state index contributed by atoms with van der Waals surface area (Å²) in [5, 5.41) is 9.86. The maximum atomic E-state index is 10.9. The zero-order chi connectivity index (χ0) is 14.8. The Morgan fingerprint density at radius 2 is 2.24 bits per heavy atom. The molecule has 0 atom stereocenters. The number of nitrogens with one attached hydrogen (secondary N) is 1. The average Bonchev–Trinajstić information content (AvgIpc) is 2.95. The quantitative estimate of drug-likeness (QED) is 0.708. The van der Waals surface area contributed by atoms with Crippen LogP contribution in [-0.4, -0.2) is 26.3 Å². The van der Waals surface area contributed by atoms with E-state index in [1.807, 2.05) is 0 Å². The molecule has 0 unspecified atom stereocenters. The van der Waals surface area contributed by atoms with E-state index in [-0.39, 0.29) is 18.1 Å². The van der Waals surface area contributed by atoms with Gasteiger partial charge in [0, 0.05) is 21.8 Å². The van der Waals surface area contributed by atoms with Crippen LogP contribution in [0.5, 0.6) is 11.5 Å². The third kappa shape index (κ3) is 2.59. The smallest absolute Gasteiger partial charge is 0.177 e. The molecule has 0 saturated heterocycles. The van der Waals surface area contributed by atoms with Crippen molar-refractivity contribution in [3.8, 4) is 11.5 Å². The van der Waals surface area contributed by atoms with Crippen LogP contribution in [0.1, 0.15) is 15.9 Å². The van der Waals surface area contributed by atoms with Crippen molar-refractivity contribution in [1.29, 1.82) is 0 Å². The van der Waals surface area contributed by atoms with Gasteiger partial charge < -0.3 is 14.8 Å². The van der Waals surface area contributed by atoms with Gasteiger partial charge in [-0.25, -0.2) is 9.97 Å². The average molecular weight is 348 g/mol. The van der Waals surface area contributed by atoms with Gasteiger partial charge in [-0.15, -0.1) is 0 Å². The van der Waals surface area contributed by atoms with E-state index >= 15 is 0 Å². The maximum Gasteiger partial charge on any atom is 0.177 e. The lowest BCUT2D eigenvalue weighted by Gasteiger charge is -2.10. The molecule has 0 saturated carbocycles. The largest absolute Gasteiger partial charge is 0.504 e. The summed E-state index contributed by atoms with van der Waals surface area (Å²) in [6, 6.07) is 4.71. The normalized spacial score (nSPS) is 10.7. The van der Waals surface area contributed by atoms with E-state index in [1.165, 1.54) is 12.1 Å². The molecule has 2 N–H and O–H groups in total. The summed E-state index contributed by atoms with van der Waals surface area (Å²) in [4.78, 5) is 22.1. The first kappa shape index (κ1) is 13.6. The molecule has 0 amide bonds. The molecular weight excluding hydrogens is 338 g/mol. The van der Waals surface area contributed by atoms with Crippen molar-refractivity contribution < 1.29 is 14.6 Å². The first-order chi connectivity index (χ1) is 10.2. The van der Waals surface area contributed by atoms with E-state index in [4.69, 9.17) is 4.74 Å². The molecule has 106 valence electrons. The van der Waals surface area contributed by atoms with Crippen molar-refractivity contribution >= 4 is 33.4 Å². The number of ether oxygens (including phenoxy) is 1. The topological polar surface area (TPSA) is 88.1 Å². The van der Waals surface area contributed by atoms with Crippen molar-refractivity contribution in [3.05, 3.63) is 46.3 Å². The fraction of sp³-hybridized carbons (Fsp3) is 0.0714. The number of pyridine rings is 1. The Kier molecular flexibility index (Phi) is 3.57. The van der Waals surface area contributed by atoms with E-state index in [1.54, 1.807) is 18.6 Å². The van der Waals surface area contributed by atoms with E-state index in [9.17, 15) is 9.90 Å². The molecule has 2 aromatic heterocycles. The number of hydrogen-bond donors (Lipinski definition) is 2. The van der Waals surface area contributed by atoms with Crippen molar-refractivity contribution in [1.82, 2.24) is 15.0 Å². The number of H-pyrrole nitrogens is 1. The summed E-state index contributed by atoms with van der Waals surface area (Å²) in [6.45, 7) is 0.217. The molecule has 21 heavy (non-hydrogen) atoms. The number of phenols is 1. The zero-order valence-electron chi connectivity index (χ0n) is 10.7. The molecular formula is C14H10BrN3O3. The third-order valence-electron chi connectivity index (χ3n) is 3.00. The maximum absolute atomic E-state index is 10.9. The predicted octanol–water partition coefficient (Wildman–Crippen LogP) is 2.82. The summed E-state index contributed by atoms with van der Waals surface area (Å²) in [6.07, 6.45) is 3.89. The van der Waals surface area contributed by atoms with Crippen LogP contribution >= 0.6 is 15.9 Å². The number of halogens is 1. The molecule has 0 spiro atoms. The van der Waals surface area contributed by atoms with Gasteiger partial charge in [-0.1, -0.05) is 0 Å². The number of carbonyl (C=O) groups excluding carboxylic acids is 1. The van der Waals surface area contributed by atoms with Crippen LogP contribution in [0, 0.1) is 0 Å². The van der Waals surface area contributed by atoms with E-state index in [0.29, 0.717) is 22.0 Å². The molecule has 0 radical (unpaired) electrons. The van der Waals surface area contributed by atoms with Gasteiger partial charge in [-0.05, 0) is 34.1 Å². The van der Waals surface area contributed by atoms with Gasteiger partial charge in [-0.3, -0.25) is 4.79 Å². The van der Waals surface area contributed by atoms with Gasteiger partial charge in [0.25, 0.3) is 0 Å². The Labute approximate surface area is 127 Å². The van der Waals surface area contributed by atoms with Gasteiger partial charge >= 0.3 is 0 Å². The van der Waals surface area contributed by atoms with Gasteiger partial charge in [0.1, 0.15) is 6.61 Å². The molecule has 0 aliphatic heterocycles. The molecule has 1 aromatic carbocycles. The standard InChI is InChI=1S/C14H10BrN3O3/c15-10-4-11(20)12(3-9(10)5-19)21-6-8-1-2-16-14-13(8)17-7-18-14/h1-5,7,20H,6H2,(H,16,17,18). The second-order valence-corrected chi connectivity index (χ2v) is 5.17. The molecule has 2 heterocycles. The summed E-state index contributed by atoms with van der Waals surface area (Å²) < 4.78 is 6.11. The lowest BCUT2D eigenvalue weighted by atomic mass is 10.2. The summed E-state index contributed by atoms with van der Waals surface area (Å²) in [7, 11) is 0. The Bertz CT molecular complexity index is 816. The Hall–Kier alpha value is -2.41. The number of fused-ring (bicyclic) bond motifs is 1. The minimum atomic E-state index is -0.0395. The number of imidazole rings is 1. The first-order valence-corrected chi connectivity index (χ1v) is 6.86. The Morgan fingerprint density at radius 3 is 3.05 bits per heavy atom. The zero-order valence-corrected chi connectivity index (χ0v) is 12.3. The van der Waals surface area contributed by atoms with Crippen LogP contribution in [0.3, 0.4) is 0 Å². The number of aromatic nitrogens is 3. The molecule has 0 aliphatic rings. The fourth-order valence-electron chi connectivity index (χ4n) is 1.94. The summed E-state index contributed by atoms with van der Waals surface area (Å²) >= 11 is 3.20. The van der Waals surface area contributed by atoms with Crippen LogP contribution in [0.2, 0.25) is 0 Å². The lowest BCUT2D eigenvalue weighted by Crippen LogP contribution is -1.98. The van der Waals surface area contributed by atoms with Gasteiger partial charge in [-0.2, -0.15) is 0 Å². The third-order valence-corrected chi connectivity index (χ3v) is 3.69. The second kappa shape index (κ2) is 5.53. The number of hydrogen-bond acceptors (Lipinski definition) is 5. The highest BCUT2D eigenvalue weighted by Gasteiger charge is 2.10. The highest BCUT2D eigenvalue weighted by atomic mass is 79.9. The van der Waals surface area contributed by atoms with Crippen molar-refractivity contribution in [2.75, 3.05) is 0 Å². The van der Waals surface area contributed by atoms with Gasteiger partial charge in [0.15, 0.2) is 23.4 Å². The SMILES string of the molecule is O=Cc1cc(OCc2ccnc3nc[nH]c23)c(O)cc1Br. The van der Waals surface area contributed by atoms with Crippen LogP contribution in [-0.2, 0) is 6.61 Å².